The number of hydrogen-bond acceptors (Lipinski definition) is 2. The van der Waals surface area contributed by atoms with Crippen LogP contribution in [0.2, 0.25) is 0 Å². The van der Waals surface area contributed by atoms with Gasteiger partial charge in [-0.15, -0.1) is 0 Å². The van der Waals surface area contributed by atoms with E-state index in [0.717, 1.165) is 0 Å². The molecule has 0 saturated heterocycles. The lowest BCUT2D eigenvalue weighted by Gasteiger charge is -2.16. The van der Waals surface area contributed by atoms with Crippen molar-refractivity contribution in [2.45, 2.75) is 26.4 Å². The highest BCUT2D eigenvalue weighted by atomic mass is 19.4. The van der Waals surface area contributed by atoms with Gasteiger partial charge in [-0.25, -0.2) is 4.79 Å². The molecule has 0 bridgehead atoms. The van der Waals surface area contributed by atoms with Gasteiger partial charge in [0, 0.05) is 6.54 Å². The topological polar surface area (TPSA) is 78.4 Å². The Bertz CT molecular complexity index is 293. The summed E-state index contributed by atoms with van der Waals surface area (Å²) in [5.41, 5.74) is 0. The molecule has 0 aliphatic rings. The maximum absolute atomic E-state index is 11.8. The smallest absolute Gasteiger partial charge is 0.405 e. The molecular weight excluding hydrogens is 253 g/mol. The molecule has 5 nitrogen and oxygen atoms in total. The number of carboxylic acids is 1. The van der Waals surface area contributed by atoms with Gasteiger partial charge in [-0.2, -0.15) is 13.2 Å². The molecule has 2 amide bonds. The summed E-state index contributed by atoms with van der Waals surface area (Å²) < 4.78 is 35.3. The minimum Gasteiger partial charge on any atom is -0.481 e. The number of amides is 2. The second-order valence-corrected chi connectivity index (χ2v) is 4.34. The standard InChI is InChI=1S/C10H17F3N2O3/c1-6(2)3-7(8(16)17)4-14-9(18)15-5-10(11,12)13/h6-7H,3-5H2,1-2H3,(H,16,17)(H2,14,15,18). The molecule has 0 rings (SSSR count). The molecule has 1 atom stereocenters. The zero-order valence-electron chi connectivity index (χ0n) is 10.2. The van der Waals surface area contributed by atoms with Crippen molar-refractivity contribution in [1.29, 1.82) is 0 Å². The van der Waals surface area contributed by atoms with E-state index in [1.807, 2.05) is 13.8 Å². The van der Waals surface area contributed by atoms with Crippen LogP contribution in [-0.2, 0) is 4.79 Å². The van der Waals surface area contributed by atoms with Gasteiger partial charge in [0.25, 0.3) is 0 Å². The fraction of sp³-hybridized carbons (Fsp3) is 0.800. The van der Waals surface area contributed by atoms with Crippen molar-refractivity contribution in [2.24, 2.45) is 11.8 Å². The summed E-state index contributed by atoms with van der Waals surface area (Å²) in [6, 6.07) is -1.03. The van der Waals surface area contributed by atoms with Crippen LogP contribution in [0.25, 0.3) is 0 Å². The highest BCUT2D eigenvalue weighted by Crippen LogP contribution is 2.12. The van der Waals surface area contributed by atoms with Crippen LogP contribution in [0.3, 0.4) is 0 Å². The number of carbonyl (C=O) groups excluding carboxylic acids is 1. The minimum absolute atomic E-state index is 0.117. The van der Waals surface area contributed by atoms with Crippen LogP contribution in [0, 0.1) is 11.8 Å². The number of halogens is 3. The summed E-state index contributed by atoms with van der Waals surface area (Å²) in [4.78, 5) is 21.8. The SMILES string of the molecule is CC(C)CC(CNC(=O)NCC(F)(F)F)C(=O)O. The zero-order chi connectivity index (χ0) is 14.3. The molecule has 8 heteroatoms. The highest BCUT2D eigenvalue weighted by Gasteiger charge is 2.28. The quantitative estimate of drug-likeness (QED) is 0.686. The van der Waals surface area contributed by atoms with Crippen molar-refractivity contribution in [2.75, 3.05) is 13.1 Å². The van der Waals surface area contributed by atoms with Gasteiger partial charge in [-0.1, -0.05) is 13.8 Å². The Hall–Kier alpha value is -1.47. The molecule has 0 aliphatic heterocycles. The number of hydrogen-bond donors (Lipinski definition) is 3. The Kier molecular flexibility index (Phi) is 6.50. The van der Waals surface area contributed by atoms with Crippen LogP contribution in [0.5, 0.6) is 0 Å². The van der Waals surface area contributed by atoms with Crippen LogP contribution < -0.4 is 10.6 Å². The van der Waals surface area contributed by atoms with Crippen LogP contribution in [0.4, 0.5) is 18.0 Å². The third-order valence-corrected chi connectivity index (χ3v) is 2.06. The minimum atomic E-state index is -4.48. The molecule has 0 radical (unpaired) electrons. The lowest BCUT2D eigenvalue weighted by molar-refractivity contribution is -0.142. The maximum Gasteiger partial charge on any atom is 0.405 e. The number of alkyl halides is 3. The van der Waals surface area contributed by atoms with Crippen molar-refractivity contribution in [3.8, 4) is 0 Å². The lowest BCUT2D eigenvalue weighted by Crippen LogP contribution is -2.43. The Morgan fingerprint density at radius 3 is 2.17 bits per heavy atom. The number of urea groups is 1. The van der Waals surface area contributed by atoms with Gasteiger partial charge >= 0.3 is 18.2 Å². The molecule has 0 aromatic heterocycles. The summed E-state index contributed by atoms with van der Waals surface area (Å²) >= 11 is 0. The average molecular weight is 270 g/mol. The van der Waals surface area contributed by atoms with Gasteiger partial charge in [0.1, 0.15) is 6.54 Å². The van der Waals surface area contributed by atoms with Crippen LogP contribution >= 0.6 is 0 Å². The molecule has 106 valence electrons. The van der Waals surface area contributed by atoms with Crippen molar-refractivity contribution >= 4 is 12.0 Å². The first-order chi connectivity index (χ1) is 8.11. The molecule has 0 saturated carbocycles. The molecule has 0 fully saturated rings. The van der Waals surface area contributed by atoms with E-state index in [-0.39, 0.29) is 12.5 Å². The summed E-state index contributed by atoms with van der Waals surface area (Å²) in [5.74, 6) is -1.77. The molecule has 3 N–H and O–H groups in total. The van der Waals surface area contributed by atoms with E-state index in [1.54, 1.807) is 5.32 Å². The molecule has 1 unspecified atom stereocenters. The van der Waals surface area contributed by atoms with Crippen molar-refractivity contribution < 1.29 is 27.9 Å². The number of aliphatic carboxylic acids is 1. The molecule has 0 aromatic rings. The average Bonchev–Trinajstić information content (AvgIpc) is 2.19. The Balaban J connectivity index is 4.04. The second kappa shape index (κ2) is 7.07. The van der Waals surface area contributed by atoms with Crippen LogP contribution in [0.1, 0.15) is 20.3 Å². The number of rotatable bonds is 6. The van der Waals surface area contributed by atoms with E-state index >= 15 is 0 Å². The first kappa shape index (κ1) is 16.5. The molecule has 0 aromatic carbocycles. The fourth-order valence-electron chi connectivity index (χ4n) is 1.30. The third kappa shape index (κ3) is 8.66. The number of nitrogens with one attached hydrogen (secondary N) is 2. The lowest BCUT2D eigenvalue weighted by atomic mass is 9.97. The molecule has 0 spiro atoms. The van der Waals surface area contributed by atoms with Crippen LogP contribution in [0.15, 0.2) is 0 Å². The predicted octanol–water partition coefficient (Wildman–Crippen LogP) is 1.59. The van der Waals surface area contributed by atoms with E-state index in [4.69, 9.17) is 5.11 Å². The first-order valence-electron chi connectivity index (χ1n) is 5.43. The van der Waals surface area contributed by atoms with Crippen molar-refractivity contribution in [1.82, 2.24) is 10.6 Å². The van der Waals surface area contributed by atoms with Gasteiger partial charge in [-0.05, 0) is 12.3 Å². The summed E-state index contributed by atoms with van der Waals surface area (Å²) in [6.07, 6.45) is -4.14. The van der Waals surface area contributed by atoms with E-state index in [1.165, 1.54) is 0 Å². The van der Waals surface area contributed by atoms with E-state index in [0.29, 0.717) is 6.42 Å². The van der Waals surface area contributed by atoms with E-state index < -0.39 is 30.6 Å². The van der Waals surface area contributed by atoms with Gasteiger partial charge in [-0.3, -0.25) is 4.79 Å². The molecule has 0 aliphatic carbocycles. The normalized spacial score (nSPS) is 13.2. The summed E-state index contributed by atoms with van der Waals surface area (Å²) in [7, 11) is 0. The first-order valence-corrected chi connectivity index (χ1v) is 5.43. The molecular formula is C10H17F3N2O3. The second-order valence-electron chi connectivity index (χ2n) is 4.34. The van der Waals surface area contributed by atoms with Gasteiger partial charge < -0.3 is 15.7 Å². The Morgan fingerprint density at radius 1 is 1.22 bits per heavy atom. The summed E-state index contributed by atoms with van der Waals surface area (Å²) in [6.45, 7) is 2.00. The Morgan fingerprint density at radius 2 is 1.78 bits per heavy atom. The predicted molar refractivity (Wildman–Crippen MR) is 58.0 cm³/mol. The number of carboxylic acid groups (broad SMARTS) is 1. The van der Waals surface area contributed by atoms with Gasteiger partial charge in [0.05, 0.1) is 5.92 Å². The fourth-order valence-corrected chi connectivity index (χ4v) is 1.30. The monoisotopic (exact) mass is 270 g/mol. The maximum atomic E-state index is 11.8. The zero-order valence-corrected chi connectivity index (χ0v) is 10.2. The summed E-state index contributed by atoms with van der Waals surface area (Å²) in [5, 5.41) is 12.6. The molecule has 18 heavy (non-hydrogen) atoms. The largest absolute Gasteiger partial charge is 0.481 e. The van der Waals surface area contributed by atoms with Crippen molar-refractivity contribution in [3.05, 3.63) is 0 Å². The van der Waals surface area contributed by atoms with Gasteiger partial charge in [0.2, 0.25) is 0 Å². The van der Waals surface area contributed by atoms with E-state index in [2.05, 4.69) is 5.32 Å². The van der Waals surface area contributed by atoms with Gasteiger partial charge in [0.15, 0.2) is 0 Å². The third-order valence-electron chi connectivity index (χ3n) is 2.06. The molecule has 0 heterocycles. The highest BCUT2D eigenvalue weighted by molar-refractivity contribution is 5.75. The Labute approximate surface area is 103 Å². The van der Waals surface area contributed by atoms with Crippen molar-refractivity contribution in [3.63, 3.8) is 0 Å². The van der Waals surface area contributed by atoms with Crippen LogP contribution in [-0.4, -0.2) is 36.4 Å². The number of carbonyl (C=O) groups is 2. The van der Waals surface area contributed by atoms with E-state index in [9.17, 15) is 22.8 Å².